The first-order chi connectivity index (χ1) is 20.6. The van der Waals surface area contributed by atoms with Crippen LogP contribution in [0.4, 0.5) is 10.2 Å². The number of anilines is 1. The van der Waals surface area contributed by atoms with Crippen LogP contribution in [0.25, 0.3) is 5.69 Å². The smallest absolute Gasteiger partial charge is 0.240 e. The van der Waals surface area contributed by atoms with Crippen molar-refractivity contribution in [2.45, 2.75) is 44.9 Å². The SMILES string of the molecule is Cc1ccc(-n2nc(C(C)(C)C)c3c2N(CC(=O)NCc2ccc(F)cc2)C(=O)CS[C@H]3c2ccc3c(c2)OCO3)cc1. The monoisotopic (exact) mass is 600 g/mol. The predicted molar refractivity (Wildman–Crippen MR) is 164 cm³/mol. The summed E-state index contributed by atoms with van der Waals surface area (Å²) in [5, 5.41) is 7.77. The second kappa shape index (κ2) is 11.4. The number of carbonyl (C=O) groups is 2. The van der Waals surface area contributed by atoms with E-state index < -0.39 is 0 Å². The Morgan fingerprint density at radius 1 is 1.05 bits per heavy atom. The van der Waals surface area contributed by atoms with E-state index in [0.717, 1.165) is 33.6 Å². The van der Waals surface area contributed by atoms with E-state index in [1.807, 2.05) is 49.4 Å². The number of fused-ring (bicyclic) bond motifs is 2. The maximum Gasteiger partial charge on any atom is 0.240 e. The van der Waals surface area contributed by atoms with Crippen molar-refractivity contribution < 1.29 is 23.5 Å². The highest BCUT2D eigenvalue weighted by Gasteiger charge is 2.40. The summed E-state index contributed by atoms with van der Waals surface area (Å²) >= 11 is 1.51. The molecule has 4 aromatic rings. The first kappa shape index (κ1) is 28.8. The molecule has 8 nitrogen and oxygen atoms in total. The number of benzene rings is 3. The summed E-state index contributed by atoms with van der Waals surface area (Å²) in [6, 6.07) is 19.8. The quantitative estimate of drug-likeness (QED) is 0.300. The van der Waals surface area contributed by atoms with Gasteiger partial charge in [0.15, 0.2) is 11.5 Å². The number of nitrogens with one attached hydrogen (secondary N) is 1. The van der Waals surface area contributed by atoms with E-state index in [-0.39, 0.29) is 53.9 Å². The van der Waals surface area contributed by atoms with E-state index in [1.165, 1.54) is 23.9 Å². The Morgan fingerprint density at radius 3 is 2.49 bits per heavy atom. The number of aromatic nitrogens is 2. The number of ether oxygens (including phenoxy) is 2. The lowest BCUT2D eigenvalue weighted by Crippen LogP contribution is -2.42. The second-order valence-corrected chi connectivity index (χ2v) is 12.9. The van der Waals surface area contributed by atoms with E-state index in [2.05, 4.69) is 26.1 Å². The molecular weight excluding hydrogens is 567 g/mol. The predicted octanol–water partition coefficient (Wildman–Crippen LogP) is 5.83. The van der Waals surface area contributed by atoms with Gasteiger partial charge in [-0.05, 0) is 54.4 Å². The molecule has 0 radical (unpaired) electrons. The molecule has 0 saturated heterocycles. The lowest BCUT2D eigenvalue weighted by Gasteiger charge is -2.24. The van der Waals surface area contributed by atoms with Gasteiger partial charge in [0.05, 0.1) is 22.4 Å². The van der Waals surface area contributed by atoms with Gasteiger partial charge in [0.25, 0.3) is 0 Å². The van der Waals surface area contributed by atoms with Crippen LogP contribution in [0, 0.1) is 12.7 Å². The normalized spacial score (nSPS) is 16.2. The van der Waals surface area contributed by atoms with Gasteiger partial charge in [0, 0.05) is 17.5 Å². The van der Waals surface area contributed by atoms with Crippen LogP contribution in [0.2, 0.25) is 0 Å². The highest BCUT2D eigenvalue weighted by atomic mass is 32.2. The van der Waals surface area contributed by atoms with Crippen molar-refractivity contribution >= 4 is 29.4 Å². The Hall–Kier alpha value is -4.31. The number of nitrogens with zero attached hydrogens (tertiary/aromatic N) is 3. The molecule has 1 aromatic heterocycles. The maximum atomic E-state index is 13.9. The number of thioether (sulfide) groups is 1. The lowest BCUT2D eigenvalue weighted by atomic mass is 9.87. The first-order valence-electron chi connectivity index (χ1n) is 14.1. The fraction of sp³-hybridized carbons (Fsp3) is 0.303. The molecule has 3 heterocycles. The molecule has 0 spiro atoms. The molecule has 0 fully saturated rings. The van der Waals surface area contributed by atoms with E-state index in [4.69, 9.17) is 14.6 Å². The van der Waals surface area contributed by atoms with Crippen molar-refractivity contribution in [3.63, 3.8) is 0 Å². The van der Waals surface area contributed by atoms with Gasteiger partial charge in [-0.15, -0.1) is 11.8 Å². The molecule has 43 heavy (non-hydrogen) atoms. The Labute approximate surface area is 254 Å². The van der Waals surface area contributed by atoms with E-state index in [1.54, 1.807) is 21.7 Å². The summed E-state index contributed by atoms with van der Waals surface area (Å²) in [4.78, 5) is 28.8. The molecule has 3 aromatic carbocycles. The van der Waals surface area contributed by atoms with Crippen LogP contribution in [0.3, 0.4) is 0 Å². The van der Waals surface area contributed by atoms with Crippen molar-refractivity contribution in [2.24, 2.45) is 0 Å². The third kappa shape index (κ3) is 5.84. The van der Waals surface area contributed by atoms with E-state index in [9.17, 15) is 14.0 Å². The lowest BCUT2D eigenvalue weighted by molar-refractivity contribution is -0.123. The van der Waals surface area contributed by atoms with Gasteiger partial charge in [-0.25, -0.2) is 9.07 Å². The molecular formula is C33H33FN4O4S. The zero-order valence-corrected chi connectivity index (χ0v) is 25.3. The average molecular weight is 601 g/mol. The molecule has 0 unspecified atom stereocenters. The van der Waals surface area contributed by atoms with Crippen molar-refractivity contribution in [2.75, 3.05) is 24.0 Å². The second-order valence-electron chi connectivity index (χ2n) is 11.8. The fourth-order valence-electron chi connectivity index (χ4n) is 5.28. The van der Waals surface area contributed by atoms with Gasteiger partial charge >= 0.3 is 0 Å². The van der Waals surface area contributed by atoms with Gasteiger partial charge in [-0.1, -0.05) is 56.7 Å². The third-order valence-corrected chi connectivity index (χ3v) is 8.74. The number of hydrogen-bond donors (Lipinski definition) is 1. The fourth-order valence-corrected chi connectivity index (χ4v) is 6.47. The average Bonchev–Trinajstić information content (AvgIpc) is 3.58. The van der Waals surface area contributed by atoms with Crippen LogP contribution >= 0.6 is 11.8 Å². The number of amides is 2. The minimum atomic E-state index is -0.376. The number of carbonyl (C=O) groups excluding carboxylic acids is 2. The van der Waals surface area contributed by atoms with Gasteiger partial charge in [0.2, 0.25) is 18.6 Å². The Balaban J connectivity index is 1.46. The Bertz CT molecular complexity index is 1680. The summed E-state index contributed by atoms with van der Waals surface area (Å²) in [5.74, 6) is 1.22. The molecule has 222 valence electrons. The standard InChI is InChI=1S/C33H33FN4O4S/c1-20-5-12-24(13-6-20)38-32-29(31(36-38)33(2,3)4)30(22-9-14-25-26(15-22)42-19-41-25)43-18-28(40)37(32)17-27(39)35-16-21-7-10-23(34)11-8-21/h5-15,30H,16-19H2,1-4H3,(H,35,39)/t30-/m0/s1. The molecule has 6 rings (SSSR count). The van der Waals surface area contributed by atoms with Gasteiger partial charge in [0.1, 0.15) is 18.2 Å². The zero-order valence-electron chi connectivity index (χ0n) is 24.5. The molecule has 1 N–H and O–H groups in total. The summed E-state index contributed by atoms with van der Waals surface area (Å²) in [5.41, 5.74) is 4.95. The topological polar surface area (TPSA) is 85.7 Å². The molecule has 0 bridgehead atoms. The van der Waals surface area contributed by atoms with Crippen LogP contribution in [0.15, 0.2) is 66.7 Å². The highest BCUT2D eigenvalue weighted by molar-refractivity contribution is 8.00. The maximum absolute atomic E-state index is 13.9. The Kier molecular flexibility index (Phi) is 7.64. The van der Waals surface area contributed by atoms with Gasteiger partial charge < -0.3 is 14.8 Å². The zero-order chi connectivity index (χ0) is 30.3. The van der Waals surface area contributed by atoms with Crippen LogP contribution in [-0.4, -0.2) is 40.7 Å². The summed E-state index contributed by atoms with van der Waals surface area (Å²) in [6.45, 7) is 8.51. The summed E-state index contributed by atoms with van der Waals surface area (Å²) in [6.07, 6.45) is 0. The summed E-state index contributed by atoms with van der Waals surface area (Å²) in [7, 11) is 0. The number of rotatable bonds is 6. The molecule has 0 saturated carbocycles. The molecule has 10 heteroatoms. The Morgan fingerprint density at radius 2 is 1.77 bits per heavy atom. The van der Waals surface area contributed by atoms with Crippen LogP contribution in [0.1, 0.15) is 54.0 Å². The molecule has 2 amide bonds. The van der Waals surface area contributed by atoms with E-state index in [0.29, 0.717) is 17.3 Å². The van der Waals surface area contributed by atoms with Gasteiger partial charge in [-0.2, -0.15) is 5.10 Å². The number of aryl methyl sites for hydroxylation is 1. The van der Waals surface area contributed by atoms with Crippen LogP contribution in [-0.2, 0) is 21.5 Å². The molecule has 1 atom stereocenters. The van der Waals surface area contributed by atoms with Crippen LogP contribution < -0.4 is 19.7 Å². The largest absolute Gasteiger partial charge is 0.454 e. The molecule has 0 aliphatic carbocycles. The van der Waals surface area contributed by atoms with Crippen LogP contribution in [0.5, 0.6) is 11.5 Å². The van der Waals surface area contributed by atoms with Crippen molar-refractivity contribution in [1.29, 1.82) is 0 Å². The first-order valence-corrected chi connectivity index (χ1v) is 15.2. The minimum Gasteiger partial charge on any atom is -0.454 e. The van der Waals surface area contributed by atoms with Gasteiger partial charge in [-0.3, -0.25) is 14.5 Å². The van der Waals surface area contributed by atoms with Crippen molar-refractivity contribution in [3.8, 4) is 17.2 Å². The third-order valence-electron chi connectivity index (χ3n) is 7.48. The number of hydrogen-bond acceptors (Lipinski definition) is 6. The number of halogens is 1. The van der Waals surface area contributed by atoms with Crippen molar-refractivity contribution in [3.05, 3.63) is 100 Å². The van der Waals surface area contributed by atoms with Crippen molar-refractivity contribution in [1.82, 2.24) is 15.1 Å². The van der Waals surface area contributed by atoms with E-state index >= 15 is 0 Å². The molecule has 2 aliphatic heterocycles. The molecule has 2 aliphatic rings. The highest BCUT2D eigenvalue weighted by Crippen LogP contribution is 2.49. The summed E-state index contributed by atoms with van der Waals surface area (Å²) < 4.78 is 26.4. The minimum absolute atomic E-state index is 0.163.